The molecular formula is C23H27BrO. The molecule has 25 heavy (non-hydrogen) atoms. The fourth-order valence-electron chi connectivity index (χ4n) is 6.29. The molecule has 6 aliphatic carbocycles. The van der Waals surface area contributed by atoms with Gasteiger partial charge in [-0.25, -0.2) is 0 Å². The Balaban J connectivity index is 1.64. The minimum Gasteiger partial charge on any atom is -0.388 e. The Kier molecular flexibility index (Phi) is 3.80. The molecule has 6 aliphatic rings. The molecule has 0 heterocycles. The lowest BCUT2D eigenvalue weighted by molar-refractivity contribution is 0.171. The zero-order valence-electron chi connectivity index (χ0n) is 15.1. The Bertz CT molecular complexity index is 747. The van der Waals surface area contributed by atoms with Crippen LogP contribution in [-0.4, -0.2) is 16.0 Å². The van der Waals surface area contributed by atoms with Crippen LogP contribution < -0.4 is 0 Å². The monoisotopic (exact) mass is 398 g/mol. The van der Waals surface area contributed by atoms with Crippen LogP contribution in [-0.2, 0) is 0 Å². The zero-order valence-corrected chi connectivity index (χ0v) is 16.7. The number of allylic oxidation sites excluding steroid dienone is 8. The van der Waals surface area contributed by atoms with E-state index in [2.05, 4.69) is 60.2 Å². The van der Waals surface area contributed by atoms with Crippen LogP contribution in [0.5, 0.6) is 0 Å². The number of rotatable bonds is 2. The smallest absolute Gasteiger partial charge is 0.0810 e. The van der Waals surface area contributed by atoms with Gasteiger partial charge in [-0.15, -0.1) is 0 Å². The average molecular weight is 399 g/mol. The standard InChI is InChI=1S/C23H27BrO/c1-12-7-17(8-13(2)23(12)25)21(14-3-5-18(24)6-4-14)22-19-10-15-9-16(19)11-20(15)22/h3-5,7-8,12,15-16,18-20,23,25H,6,9-11H2,1-2H3. The molecule has 1 nitrogen and oxygen atoms in total. The van der Waals surface area contributed by atoms with Crippen LogP contribution in [0.2, 0.25) is 0 Å². The van der Waals surface area contributed by atoms with Gasteiger partial charge >= 0.3 is 0 Å². The third-order valence-corrected chi connectivity index (χ3v) is 8.04. The van der Waals surface area contributed by atoms with Crippen molar-refractivity contribution in [2.24, 2.45) is 29.6 Å². The summed E-state index contributed by atoms with van der Waals surface area (Å²) in [7, 11) is 0. The van der Waals surface area contributed by atoms with Gasteiger partial charge in [-0.2, -0.15) is 0 Å². The largest absolute Gasteiger partial charge is 0.388 e. The molecule has 6 rings (SSSR count). The molecule has 132 valence electrons. The number of hydrogen-bond acceptors (Lipinski definition) is 1. The Morgan fingerprint density at radius 2 is 1.84 bits per heavy atom. The summed E-state index contributed by atoms with van der Waals surface area (Å²) in [6, 6.07) is 0. The van der Waals surface area contributed by atoms with Crippen LogP contribution in [0.1, 0.15) is 39.5 Å². The Morgan fingerprint density at radius 3 is 2.40 bits per heavy atom. The van der Waals surface area contributed by atoms with Gasteiger partial charge in [0.1, 0.15) is 0 Å². The van der Waals surface area contributed by atoms with Crippen molar-refractivity contribution in [2.75, 3.05) is 0 Å². The van der Waals surface area contributed by atoms with Crippen LogP contribution in [0, 0.1) is 29.6 Å². The van der Waals surface area contributed by atoms with Crippen LogP contribution in [0.4, 0.5) is 0 Å². The quantitative estimate of drug-likeness (QED) is 0.609. The van der Waals surface area contributed by atoms with Gasteiger partial charge in [-0.05, 0) is 78.6 Å². The maximum Gasteiger partial charge on any atom is 0.0810 e. The molecule has 4 fully saturated rings. The first kappa shape index (κ1) is 16.3. The lowest BCUT2D eigenvalue weighted by Gasteiger charge is -2.28. The maximum absolute atomic E-state index is 10.4. The first-order valence-corrected chi connectivity index (χ1v) is 10.8. The Morgan fingerprint density at radius 1 is 1.12 bits per heavy atom. The van der Waals surface area contributed by atoms with Crippen molar-refractivity contribution in [2.45, 2.75) is 50.5 Å². The molecule has 4 saturated carbocycles. The third kappa shape index (κ3) is 2.44. The highest BCUT2D eigenvalue weighted by Crippen LogP contribution is 2.67. The normalized spacial score (nSPS) is 44.2. The first-order chi connectivity index (χ1) is 12.0. The molecule has 4 bridgehead atoms. The van der Waals surface area contributed by atoms with Gasteiger partial charge in [0.05, 0.1) is 6.10 Å². The molecule has 0 aromatic heterocycles. The van der Waals surface area contributed by atoms with Crippen molar-refractivity contribution >= 4 is 15.9 Å². The predicted octanol–water partition coefficient (Wildman–Crippen LogP) is 5.49. The van der Waals surface area contributed by atoms with E-state index in [0.29, 0.717) is 4.83 Å². The summed E-state index contributed by atoms with van der Waals surface area (Å²) < 4.78 is 0. The zero-order chi connectivity index (χ0) is 17.3. The third-order valence-electron chi connectivity index (χ3n) is 7.36. The van der Waals surface area contributed by atoms with Gasteiger partial charge in [-0.1, -0.05) is 58.8 Å². The lowest BCUT2D eigenvalue weighted by atomic mass is 9.78. The summed E-state index contributed by atoms with van der Waals surface area (Å²) in [5.74, 6) is 3.76. The van der Waals surface area contributed by atoms with Gasteiger partial charge in [-0.3, -0.25) is 0 Å². The Hall–Kier alpha value is -0.860. The fraction of sp³-hybridized carbons (Fsp3) is 0.565. The van der Waals surface area contributed by atoms with E-state index in [4.69, 9.17) is 0 Å². The molecule has 0 aromatic carbocycles. The summed E-state index contributed by atoms with van der Waals surface area (Å²) in [4.78, 5) is 0.467. The number of alkyl halides is 1. The van der Waals surface area contributed by atoms with E-state index in [9.17, 15) is 5.11 Å². The van der Waals surface area contributed by atoms with Crippen molar-refractivity contribution in [3.8, 4) is 0 Å². The SMILES string of the molecule is CC1=CC(C(C2=CCC(Br)C=C2)=C2C3CC4CC3CC24)=CC(C)C1O. The van der Waals surface area contributed by atoms with Crippen LogP contribution >= 0.6 is 15.9 Å². The van der Waals surface area contributed by atoms with Gasteiger partial charge in [0.25, 0.3) is 0 Å². The van der Waals surface area contributed by atoms with Crippen molar-refractivity contribution in [1.82, 2.24) is 0 Å². The molecule has 0 amide bonds. The Labute approximate surface area is 159 Å². The molecule has 0 radical (unpaired) electrons. The number of aliphatic hydroxyl groups is 1. The average Bonchev–Trinajstić information content (AvgIpc) is 3.32. The summed E-state index contributed by atoms with van der Waals surface area (Å²) in [5, 5.41) is 10.4. The van der Waals surface area contributed by atoms with Crippen molar-refractivity contribution in [3.05, 3.63) is 58.2 Å². The van der Waals surface area contributed by atoms with Gasteiger partial charge in [0.2, 0.25) is 0 Å². The summed E-state index contributed by atoms with van der Waals surface area (Å²) in [6.07, 6.45) is 16.7. The van der Waals surface area contributed by atoms with Gasteiger partial charge in [0, 0.05) is 10.7 Å². The second kappa shape index (κ2) is 5.82. The van der Waals surface area contributed by atoms with E-state index in [-0.39, 0.29) is 12.0 Å². The highest BCUT2D eigenvalue weighted by Gasteiger charge is 2.57. The molecule has 0 spiro atoms. The van der Waals surface area contributed by atoms with E-state index in [0.717, 1.165) is 35.7 Å². The second-order valence-corrected chi connectivity index (χ2v) is 10.0. The predicted molar refractivity (Wildman–Crippen MR) is 106 cm³/mol. The lowest BCUT2D eigenvalue weighted by Crippen LogP contribution is -2.22. The van der Waals surface area contributed by atoms with Crippen LogP contribution in [0.15, 0.2) is 58.2 Å². The highest BCUT2D eigenvalue weighted by molar-refractivity contribution is 9.09. The minimum absolute atomic E-state index is 0.196. The van der Waals surface area contributed by atoms with Crippen molar-refractivity contribution in [3.63, 3.8) is 0 Å². The molecule has 1 N–H and O–H groups in total. The second-order valence-electron chi connectivity index (χ2n) is 8.86. The first-order valence-electron chi connectivity index (χ1n) is 9.88. The molecule has 2 heteroatoms. The molecular weight excluding hydrogens is 372 g/mol. The van der Waals surface area contributed by atoms with Crippen LogP contribution in [0.25, 0.3) is 0 Å². The van der Waals surface area contributed by atoms with Gasteiger partial charge in [0.15, 0.2) is 0 Å². The number of hydrogen-bond donors (Lipinski definition) is 1. The topological polar surface area (TPSA) is 20.2 Å². The summed E-state index contributed by atoms with van der Waals surface area (Å²) in [6.45, 7) is 4.22. The van der Waals surface area contributed by atoms with E-state index < -0.39 is 0 Å². The van der Waals surface area contributed by atoms with Gasteiger partial charge < -0.3 is 5.11 Å². The molecule has 0 saturated heterocycles. The minimum atomic E-state index is -0.327. The van der Waals surface area contributed by atoms with E-state index in [1.165, 1.54) is 36.0 Å². The van der Waals surface area contributed by atoms with Crippen molar-refractivity contribution in [1.29, 1.82) is 0 Å². The van der Waals surface area contributed by atoms with E-state index in [1.54, 1.807) is 5.57 Å². The van der Waals surface area contributed by atoms with E-state index in [1.807, 2.05) is 0 Å². The molecule has 0 aromatic rings. The molecule has 0 aliphatic heterocycles. The highest BCUT2D eigenvalue weighted by atomic mass is 79.9. The molecule has 7 atom stereocenters. The number of aliphatic hydroxyl groups excluding tert-OH is 1. The van der Waals surface area contributed by atoms with E-state index >= 15 is 0 Å². The van der Waals surface area contributed by atoms with Crippen LogP contribution in [0.3, 0.4) is 0 Å². The number of halogens is 1. The summed E-state index contributed by atoms with van der Waals surface area (Å²) >= 11 is 3.72. The molecule has 7 unspecified atom stereocenters. The maximum atomic E-state index is 10.4. The summed E-state index contributed by atoms with van der Waals surface area (Å²) in [5.41, 5.74) is 7.19. The fourth-order valence-corrected chi connectivity index (χ4v) is 6.63. The van der Waals surface area contributed by atoms with Crippen molar-refractivity contribution < 1.29 is 5.11 Å².